The number of nitrogens with one attached hydrogen (secondary N) is 3. The molecular weight excluding hydrogens is 352 g/mol. The number of amides is 1. The third kappa shape index (κ3) is 4.09. The van der Waals surface area contributed by atoms with Crippen molar-refractivity contribution >= 4 is 15.7 Å². The van der Waals surface area contributed by atoms with Crippen molar-refractivity contribution in [2.24, 2.45) is 5.92 Å². The largest absolute Gasteiger partial charge is 0.348 e. The Balaban J connectivity index is 1.69. The highest BCUT2D eigenvalue weighted by Crippen LogP contribution is 2.25. The van der Waals surface area contributed by atoms with Crippen molar-refractivity contribution in [1.29, 1.82) is 0 Å². The second-order valence-corrected chi connectivity index (χ2v) is 9.41. The van der Waals surface area contributed by atoms with Crippen LogP contribution in [0.5, 0.6) is 0 Å². The van der Waals surface area contributed by atoms with Gasteiger partial charge in [0, 0.05) is 24.8 Å². The molecule has 2 fully saturated rings. The Morgan fingerprint density at radius 2 is 2.00 bits per heavy atom. The van der Waals surface area contributed by atoms with Gasteiger partial charge in [0.25, 0.3) is 0 Å². The van der Waals surface area contributed by atoms with Crippen molar-refractivity contribution in [2.45, 2.75) is 42.8 Å². The Morgan fingerprint density at radius 1 is 1.31 bits per heavy atom. The zero-order valence-corrected chi connectivity index (χ0v) is 16.3. The molecule has 2 aliphatic rings. The van der Waals surface area contributed by atoms with E-state index in [1.807, 2.05) is 6.92 Å². The monoisotopic (exact) mass is 380 g/mol. The molecule has 0 spiro atoms. The number of sulfone groups is 1. The quantitative estimate of drug-likeness (QED) is 0.687. The minimum atomic E-state index is -3.22. The third-order valence-electron chi connectivity index (χ3n) is 5.43. The molecule has 2 saturated heterocycles. The lowest BCUT2D eigenvalue weighted by atomic mass is 9.88. The number of likely N-dealkylation sites (tertiary alicyclic amines) is 1. The molecule has 0 aliphatic carbocycles. The average Bonchev–Trinajstić information content (AvgIpc) is 3.02. The van der Waals surface area contributed by atoms with Gasteiger partial charge >= 0.3 is 0 Å². The van der Waals surface area contributed by atoms with E-state index in [0.717, 1.165) is 31.5 Å². The lowest BCUT2D eigenvalue weighted by molar-refractivity contribution is -0.124. The summed E-state index contributed by atoms with van der Waals surface area (Å²) in [6.45, 7) is 3.93. The van der Waals surface area contributed by atoms with E-state index in [2.05, 4.69) is 28.1 Å². The first kappa shape index (κ1) is 19.3. The molecule has 4 unspecified atom stereocenters. The van der Waals surface area contributed by atoms with Gasteiger partial charge in [0.2, 0.25) is 5.91 Å². The Morgan fingerprint density at radius 3 is 2.62 bits per heavy atom. The van der Waals surface area contributed by atoms with Gasteiger partial charge in [0.05, 0.1) is 10.9 Å². The number of carbonyl (C=O) groups is 1. The number of nitrogens with zero attached hydrogens (tertiary/aromatic N) is 1. The van der Waals surface area contributed by atoms with Crippen molar-refractivity contribution in [3.05, 3.63) is 29.8 Å². The topological polar surface area (TPSA) is 90.5 Å². The first-order valence-electron chi connectivity index (χ1n) is 9.09. The van der Waals surface area contributed by atoms with Gasteiger partial charge in [-0.1, -0.05) is 19.1 Å². The molecular formula is C18H28N4O3S. The van der Waals surface area contributed by atoms with Crippen molar-refractivity contribution in [3.63, 3.8) is 0 Å². The highest BCUT2D eigenvalue weighted by atomic mass is 32.2. The van der Waals surface area contributed by atoms with E-state index in [1.165, 1.54) is 6.26 Å². The second-order valence-electron chi connectivity index (χ2n) is 7.40. The molecule has 8 heteroatoms. The van der Waals surface area contributed by atoms with Crippen LogP contribution in [-0.4, -0.2) is 57.7 Å². The fraction of sp³-hybridized carbons (Fsp3) is 0.611. The maximum Gasteiger partial charge on any atom is 0.239 e. The fourth-order valence-electron chi connectivity index (χ4n) is 3.86. The number of hydrogen-bond acceptors (Lipinski definition) is 6. The molecule has 2 aliphatic heterocycles. The number of piperidine rings is 1. The molecule has 0 saturated carbocycles. The smallest absolute Gasteiger partial charge is 0.239 e. The molecule has 3 N–H and O–H groups in total. The number of rotatable bonds is 5. The summed E-state index contributed by atoms with van der Waals surface area (Å²) in [7, 11) is -1.13. The Hall–Kier alpha value is -1.48. The van der Waals surface area contributed by atoms with Crippen molar-refractivity contribution in [2.75, 3.05) is 26.4 Å². The number of hydrogen-bond donors (Lipinski definition) is 3. The minimum Gasteiger partial charge on any atom is -0.348 e. The summed E-state index contributed by atoms with van der Waals surface area (Å²) in [6, 6.07) is 6.69. The SMILES string of the molecule is CCC(NC(=O)C1NNC2CCN(C)CC21)c1ccc(S(C)(=O)=O)cc1. The van der Waals surface area contributed by atoms with Crippen molar-refractivity contribution in [1.82, 2.24) is 21.1 Å². The lowest BCUT2D eigenvalue weighted by Crippen LogP contribution is -2.50. The first-order chi connectivity index (χ1) is 12.3. The highest BCUT2D eigenvalue weighted by molar-refractivity contribution is 7.90. The number of fused-ring (bicyclic) bond motifs is 1. The molecule has 1 amide bonds. The molecule has 1 aromatic rings. The molecule has 3 rings (SSSR count). The zero-order valence-electron chi connectivity index (χ0n) is 15.5. The van der Waals surface area contributed by atoms with E-state index in [1.54, 1.807) is 24.3 Å². The summed E-state index contributed by atoms with van der Waals surface area (Å²) in [4.78, 5) is 15.4. The highest BCUT2D eigenvalue weighted by Gasteiger charge is 2.42. The van der Waals surface area contributed by atoms with Crippen LogP contribution < -0.4 is 16.2 Å². The molecule has 7 nitrogen and oxygen atoms in total. The molecule has 0 bridgehead atoms. The van der Waals surface area contributed by atoms with Gasteiger partial charge in [-0.05, 0) is 44.1 Å². The predicted molar refractivity (Wildman–Crippen MR) is 100 cm³/mol. The summed E-state index contributed by atoms with van der Waals surface area (Å²) >= 11 is 0. The maximum atomic E-state index is 12.8. The van der Waals surface area contributed by atoms with Gasteiger partial charge < -0.3 is 10.2 Å². The van der Waals surface area contributed by atoms with Crippen LogP contribution in [0.4, 0.5) is 0 Å². The van der Waals surface area contributed by atoms with E-state index in [-0.39, 0.29) is 28.8 Å². The Kier molecular flexibility index (Phi) is 5.67. The summed E-state index contributed by atoms with van der Waals surface area (Å²) in [5.41, 5.74) is 7.34. The second kappa shape index (κ2) is 7.64. The van der Waals surface area contributed by atoms with Crippen molar-refractivity contribution in [3.8, 4) is 0 Å². The molecule has 1 aromatic carbocycles. The molecule has 4 atom stereocenters. The van der Waals surface area contributed by atoms with Gasteiger partial charge in [0.1, 0.15) is 6.04 Å². The standard InChI is InChI=1S/C18H28N4O3S/c1-4-15(12-5-7-13(8-6-12)26(3,24)25)19-18(23)17-14-11-22(2)10-9-16(14)20-21-17/h5-8,14-17,20-21H,4,9-11H2,1-3H3,(H,19,23). The van der Waals surface area contributed by atoms with Gasteiger partial charge in [-0.25, -0.2) is 13.8 Å². The Labute approximate surface area is 155 Å². The average molecular weight is 381 g/mol. The lowest BCUT2D eigenvalue weighted by Gasteiger charge is -2.33. The van der Waals surface area contributed by atoms with Gasteiger partial charge in [-0.2, -0.15) is 0 Å². The predicted octanol–water partition coefficient (Wildman–Crippen LogP) is 0.454. The van der Waals surface area contributed by atoms with E-state index in [9.17, 15) is 13.2 Å². The number of benzene rings is 1. The summed E-state index contributed by atoms with van der Waals surface area (Å²) in [5, 5.41) is 3.12. The summed E-state index contributed by atoms with van der Waals surface area (Å²) < 4.78 is 23.2. The van der Waals surface area contributed by atoms with Crippen LogP contribution in [-0.2, 0) is 14.6 Å². The first-order valence-corrected chi connectivity index (χ1v) is 11.0. The van der Waals surface area contributed by atoms with E-state index < -0.39 is 9.84 Å². The van der Waals surface area contributed by atoms with Gasteiger partial charge in [-0.3, -0.25) is 10.2 Å². The van der Waals surface area contributed by atoms with E-state index in [4.69, 9.17) is 0 Å². The maximum absolute atomic E-state index is 12.8. The summed E-state index contributed by atoms with van der Waals surface area (Å²) in [5.74, 6) is 0.234. The van der Waals surface area contributed by atoms with Crippen LogP contribution in [0, 0.1) is 5.92 Å². The van der Waals surface area contributed by atoms with Crippen molar-refractivity contribution < 1.29 is 13.2 Å². The molecule has 0 radical (unpaired) electrons. The van der Waals surface area contributed by atoms with Crippen LogP contribution in [0.2, 0.25) is 0 Å². The molecule has 2 heterocycles. The molecule has 144 valence electrons. The van der Waals surface area contributed by atoms with Crippen LogP contribution in [0.25, 0.3) is 0 Å². The third-order valence-corrected chi connectivity index (χ3v) is 6.56. The Bertz CT molecular complexity index is 750. The van der Waals surface area contributed by atoms with Gasteiger partial charge in [0.15, 0.2) is 9.84 Å². The minimum absolute atomic E-state index is 0.0145. The van der Waals surface area contributed by atoms with Crippen LogP contribution in [0.3, 0.4) is 0 Å². The number of hydrazine groups is 1. The number of carbonyl (C=O) groups excluding carboxylic acids is 1. The zero-order chi connectivity index (χ0) is 18.9. The van der Waals surface area contributed by atoms with Crippen LogP contribution in [0.1, 0.15) is 31.4 Å². The molecule has 0 aromatic heterocycles. The molecule has 26 heavy (non-hydrogen) atoms. The normalized spacial score (nSPS) is 27.7. The van der Waals surface area contributed by atoms with E-state index >= 15 is 0 Å². The van der Waals surface area contributed by atoms with Crippen LogP contribution >= 0.6 is 0 Å². The van der Waals surface area contributed by atoms with E-state index in [0.29, 0.717) is 6.04 Å². The fourth-order valence-corrected chi connectivity index (χ4v) is 4.49. The van der Waals surface area contributed by atoms with Crippen LogP contribution in [0.15, 0.2) is 29.2 Å². The van der Waals surface area contributed by atoms with Gasteiger partial charge in [-0.15, -0.1) is 0 Å². The summed E-state index contributed by atoms with van der Waals surface area (Å²) in [6.07, 6.45) is 2.96.